The van der Waals surface area contributed by atoms with Crippen molar-refractivity contribution in [2.24, 2.45) is 0 Å². The Morgan fingerprint density at radius 2 is 1.78 bits per heavy atom. The van der Waals surface area contributed by atoms with Crippen LogP contribution in [0.5, 0.6) is 17.2 Å². The van der Waals surface area contributed by atoms with Crippen LogP contribution in [-0.2, 0) is 17.9 Å². The first-order valence-electron chi connectivity index (χ1n) is 11.1. The minimum Gasteiger partial charge on any atom is -0.497 e. The van der Waals surface area contributed by atoms with E-state index in [4.69, 9.17) is 14.2 Å². The Bertz CT molecular complexity index is 1340. The molecule has 0 atom stereocenters. The minimum absolute atomic E-state index is 0.0525. The molecule has 0 saturated carbocycles. The lowest BCUT2D eigenvalue weighted by atomic mass is 10.1. The number of benzene rings is 3. The van der Waals surface area contributed by atoms with Crippen LogP contribution in [0.4, 0.5) is 0 Å². The van der Waals surface area contributed by atoms with Gasteiger partial charge in [-0.2, -0.15) is 10.5 Å². The Balaban J connectivity index is 1.78. The molecule has 36 heavy (non-hydrogen) atoms. The Morgan fingerprint density at radius 3 is 2.44 bits per heavy atom. The monoisotopic (exact) mass is 545 g/mol. The second-order valence-corrected chi connectivity index (χ2v) is 8.37. The van der Waals surface area contributed by atoms with Gasteiger partial charge in [0.2, 0.25) is 0 Å². The van der Waals surface area contributed by atoms with Crippen LogP contribution >= 0.6 is 15.9 Å². The van der Waals surface area contributed by atoms with Gasteiger partial charge in [0.25, 0.3) is 5.91 Å². The van der Waals surface area contributed by atoms with E-state index in [0.29, 0.717) is 33.7 Å². The quantitative estimate of drug-likeness (QED) is 0.265. The van der Waals surface area contributed by atoms with Gasteiger partial charge in [-0.25, -0.2) is 0 Å². The third-order valence-corrected chi connectivity index (χ3v) is 5.85. The number of hydrogen-bond acceptors (Lipinski definition) is 6. The molecule has 0 aliphatic rings. The van der Waals surface area contributed by atoms with E-state index in [-0.39, 0.29) is 18.7 Å². The first-order valence-corrected chi connectivity index (χ1v) is 11.9. The zero-order chi connectivity index (χ0) is 25.9. The van der Waals surface area contributed by atoms with Crippen LogP contribution in [0.3, 0.4) is 0 Å². The van der Waals surface area contributed by atoms with Crippen LogP contribution in [0.2, 0.25) is 0 Å². The van der Waals surface area contributed by atoms with Gasteiger partial charge in [-0.3, -0.25) is 4.79 Å². The maximum absolute atomic E-state index is 12.7. The van der Waals surface area contributed by atoms with Crippen molar-refractivity contribution in [3.05, 3.63) is 93.0 Å². The summed E-state index contributed by atoms with van der Waals surface area (Å²) in [4.78, 5) is 12.7. The summed E-state index contributed by atoms with van der Waals surface area (Å²) in [5.74, 6) is 1.15. The number of hydrogen-bond donors (Lipinski definition) is 1. The van der Waals surface area contributed by atoms with E-state index in [2.05, 4.69) is 27.3 Å². The summed E-state index contributed by atoms with van der Waals surface area (Å²) in [6, 6.07) is 22.0. The molecule has 0 spiro atoms. The predicted octanol–water partition coefficient (Wildman–Crippen LogP) is 5.53. The SMILES string of the molecule is CCOc1cc(/C=C(/C#N)C(=O)NCc2ccc(OC)cc2)c(Br)cc1OCc1ccccc1C#N. The largest absolute Gasteiger partial charge is 0.497 e. The molecule has 0 radical (unpaired) electrons. The normalized spacial score (nSPS) is 10.6. The van der Waals surface area contributed by atoms with Crippen LogP contribution in [0.25, 0.3) is 6.08 Å². The number of carbonyl (C=O) groups excluding carboxylic acids is 1. The number of rotatable bonds is 10. The van der Waals surface area contributed by atoms with E-state index < -0.39 is 5.91 Å². The maximum atomic E-state index is 12.7. The van der Waals surface area contributed by atoms with Gasteiger partial charge in [-0.15, -0.1) is 0 Å². The van der Waals surface area contributed by atoms with E-state index >= 15 is 0 Å². The van der Waals surface area contributed by atoms with Crippen molar-refractivity contribution in [2.75, 3.05) is 13.7 Å². The van der Waals surface area contributed by atoms with Gasteiger partial charge in [0, 0.05) is 16.6 Å². The fourth-order valence-electron chi connectivity index (χ4n) is 3.28. The standard InChI is InChI=1S/C28H24BrN3O4/c1-3-35-26-13-22(25(29)14-27(26)36-18-21-7-5-4-6-20(21)15-30)12-23(16-31)28(33)32-17-19-8-10-24(34-2)11-9-19/h4-14H,3,17-18H2,1-2H3,(H,32,33)/b23-12-. The van der Waals surface area contributed by atoms with E-state index in [1.54, 1.807) is 43.5 Å². The summed E-state index contributed by atoms with van der Waals surface area (Å²) in [7, 11) is 1.59. The number of carbonyl (C=O) groups is 1. The lowest BCUT2D eigenvalue weighted by Crippen LogP contribution is -2.23. The van der Waals surface area contributed by atoms with Gasteiger partial charge in [-0.1, -0.05) is 46.3 Å². The number of ether oxygens (including phenoxy) is 3. The van der Waals surface area contributed by atoms with Crippen LogP contribution in [0, 0.1) is 22.7 Å². The molecule has 0 heterocycles. The Kier molecular flexibility index (Phi) is 9.50. The molecule has 0 unspecified atom stereocenters. The first kappa shape index (κ1) is 26.3. The van der Waals surface area contributed by atoms with Gasteiger partial charge >= 0.3 is 0 Å². The predicted molar refractivity (Wildman–Crippen MR) is 139 cm³/mol. The van der Waals surface area contributed by atoms with Gasteiger partial charge in [-0.05, 0) is 54.5 Å². The number of nitrogens with zero attached hydrogens (tertiary/aromatic N) is 2. The molecule has 0 aliphatic heterocycles. The van der Waals surface area contributed by atoms with E-state index in [9.17, 15) is 15.3 Å². The van der Waals surface area contributed by atoms with Crippen LogP contribution < -0.4 is 19.5 Å². The Labute approximate surface area is 218 Å². The summed E-state index contributed by atoms with van der Waals surface area (Å²) < 4.78 is 17.5. The summed E-state index contributed by atoms with van der Waals surface area (Å²) in [5.41, 5.74) is 2.69. The topological polar surface area (TPSA) is 104 Å². The molecule has 0 saturated heterocycles. The van der Waals surface area contributed by atoms with Crippen molar-refractivity contribution in [2.45, 2.75) is 20.1 Å². The highest BCUT2D eigenvalue weighted by atomic mass is 79.9. The van der Waals surface area contributed by atoms with Crippen molar-refractivity contribution in [3.8, 4) is 29.4 Å². The fourth-order valence-corrected chi connectivity index (χ4v) is 3.72. The zero-order valence-corrected chi connectivity index (χ0v) is 21.5. The lowest BCUT2D eigenvalue weighted by Gasteiger charge is -2.15. The summed E-state index contributed by atoms with van der Waals surface area (Å²) >= 11 is 3.50. The highest BCUT2D eigenvalue weighted by Gasteiger charge is 2.14. The smallest absolute Gasteiger partial charge is 0.262 e. The molecule has 0 aromatic heterocycles. The van der Waals surface area contributed by atoms with Crippen molar-refractivity contribution in [1.29, 1.82) is 10.5 Å². The second-order valence-electron chi connectivity index (χ2n) is 7.51. The highest BCUT2D eigenvalue weighted by molar-refractivity contribution is 9.10. The summed E-state index contributed by atoms with van der Waals surface area (Å²) in [5, 5.41) is 21.7. The lowest BCUT2D eigenvalue weighted by molar-refractivity contribution is -0.117. The van der Waals surface area contributed by atoms with Gasteiger partial charge < -0.3 is 19.5 Å². The van der Waals surface area contributed by atoms with Crippen molar-refractivity contribution < 1.29 is 19.0 Å². The second kappa shape index (κ2) is 13.0. The molecule has 0 bridgehead atoms. The zero-order valence-electron chi connectivity index (χ0n) is 19.9. The first-order chi connectivity index (χ1) is 17.5. The van der Waals surface area contributed by atoms with Crippen LogP contribution in [0.1, 0.15) is 29.2 Å². The van der Waals surface area contributed by atoms with Crippen LogP contribution in [-0.4, -0.2) is 19.6 Å². The molecule has 3 aromatic carbocycles. The molecule has 182 valence electrons. The van der Waals surface area contributed by atoms with Crippen LogP contribution in [0.15, 0.2) is 70.7 Å². The molecular weight excluding hydrogens is 522 g/mol. The number of nitrogens with one attached hydrogen (secondary N) is 1. The molecule has 3 rings (SSSR count). The summed E-state index contributed by atoms with van der Waals surface area (Å²) in [6.45, 7) is 2.69. The minimum atomic E-state index is -0.494. The number of methoxy groups -OCH3 is 1. The molecule has 1 N–H and O–H groups in total. The molecule has 0 aliphatic carbocycles. The molecular formula is C28H24BrN3O4. The van der Waals surface area contributed by atoms with E-state index in [0.717, 1.165) is 16.9 Å². The molecule has 0 fully saturated rings. The fraction of sp³-hybridized carbons (Fsp3) is 0.179. The Hall–Kier alpha value is -4.27. The van der Waals surface area contributed by atoms with Gasteiger partial charge in [0.15, 0.2) is 11.5 Å². The maximum Gasteiger partial charge on any atom is 0.262 e. The van der Waals surface area contributed by atoms with Gasteiger partial charge in [0.1, 0.15) is 24.0 Å². The van der Waals surface area contributed by atoms with Crippen molar-refractivity contribution in [1.82, 2.24) is 5.32 Å². The molecule has 8 heteroatoms. The van der Waals surface area contributed by atoms with Crippen molar-refractivity contribution >= 4 is 27.9 Å². The molecule has 7 nitrogen and oxygen atoms in total. The third-order valence-electron chi connectivity index (χ3n) is 5.16. The van der Waals surface area contributed by atoms with E-state index in [1.165, 1.54) is 6.08 Å². The average molecular weight is 546 g/mol. The highest BCUT2D eigenvalue weighted by Crippen LogP contribution is 2.35. The average Bonchev–Trinajstić information content (AvgIpc) is 2.91. The molecule has 1 amide bonds. The summed E-state index contributed by atoms with van der Waals surface area (Å²) in [6.07, 6.45) is 1.49. The molecule has 3 aromatic rings. The Morgan fingerprint density at radius 1 is 1.06 bits per heavy atom. The van der Waals surface area contributed by atoms with Crippen molar-refractivity contribution in [3.63, 3.8) is 0 Å². The third kappa shape index (κ3) is 6.88. The number of amides is 1. The number of nitriles is 2. The van der Waals surface area contributed by atoms with Gasteiger partial charge in [0.05, 0.1) is 25.3 Å². The number of halogens is 1. The van der Waals surface area contributed by atoms with E-state index in [1.807, 2.05) is 37.3 Å².